The lowest BCUT2D eigenvalue weighted by molar-refractivity contribution is -0.180. The minimum atomic E-state index is -4.02. The SMILES string of the molecule is CC(C)C(=O)OCC1O[C@@H](n2ccc(NP3(=O)OCCC(c4cccc(Cl)c4)O3)nc2=O)C(F)(F)[C@H]1OC(=O)C(C)C. The topological polar surface area (TPSA) is 144 Å². The second-order valence-corrected chi connectivity index (χ2v) is 12.5. The standard InChI is InChI=1S/C26H31ClF2N3O9P/c1-14(2)22(33)37-13-19-21(40-23(34)15(3)4)26(28,29)24(39-19)32-10-8-20(30-25(32)35)31-42(36)38-11-9-18(41-42)16-6-5-7-17(27)12-16/h5-8,10,12,14-15,18-19,21,24H,9,11,13H2,1-4H3,(H,30,31,35,36)/t18?,19?,21-,24+,42?/m0/s1. The Kier molecular flexibility index (Phi) is 9.73. The van der Waals surface area contributed by atoms with E-state index in [0.717, 1.165) is 12.3 Å². The first-order valence-electron chi connectivity index (χ1n) is 13.2. The van der Waals surface area contributed by atoms with Crippen molar-refractivity contribution in [2.75, 3.05) is 18.3 Å². The van der Waals surface area contributed by atoms with Gasteiger partial charge < -0.3 is 14.2 Å². The van der Waals surface area contributed by atoms with Crippen molar-refractivity contribution in [1.29, 1.82) is 0 Å². The Morgan fingerprint density at radius 3 is 2.57 bits per heavy atom. The molecule has 2 fully saturated rings. The van der Waals surface area contributed by atoms with Crippen molar-refractivity contribution in [3.8, 4) is 0 Å². The van der Waals surface area contributed by atoms with Crippen molar-refractivity contribution in [2.45, 2.75) is 64.6 Å². The van der Waals surface area contributed by atoms with E-state index in [2.05, 4.69) is 10.1 Å². The molecule has 0 bridgehead atoms. The summed E-state index contributed by atoms with van der Waals surface area (Å²) >= 11 is 6.04. The number of hydrogen-bond donors (Lipinski definition) is 1. The van der Waals surface area contributed by atoms with Gasteiger partial charge in [-0.05, 0) is 23.8 Å². The fourth-order valence-corrected chi connectivity index (χ4v) is 5.85. The molecule has 2 aromatic rings. The zero-order valence-corrected chi connectivity index (χ0v) is 24.8. The number of benzene rings is 1. The van der Waals surface area contributed by atoms with E-state index in [1.54, 1.807) is 38.1 Å². The lowest BCUT2D eigenvalue weighted by Crippen LogP contribution is -2.45. The first-order chi connectivity index (χ1) is 19.7. The zero-order chi connectivity index (χ0) is 30.8. The van der Waals surface area contributed by atoms with Crippen LogP contribution in [0.3, 0.4) is 0 Å². The molecule has 1 N–H and O–H groups in total. The number of nitrogens with zero attached hydrogens (tertiary/aromatic N) is 2. The molecule has 4 rings (SSSR count). The molecule has 2 saturated heterocycles. The van der Waals surface area contributed by atoms with Crippen molar-refractivity contribution in [3.63, 3.8) is 0 Å². The minimum Gasteiger partial charge on any atom is -0.463 e. The van der Waals surface area contributed by atoms with E-state index in [1.807, 2.05) is 0 Å². The highest BCUT2D eigenvalue weighted by Crippen LogP contribution is 2.55. The van der Waals surface area contributed by atoms with Gasteiger partial charge in [0, 0.05) is 17.6 Å². The quantitative estimate of drug-likeness (QED) is 0.297. The normalized spacial score (nSPS) is 27.2. The molecule has 2 aliphatic rings. The Bertz CT molecular complexity index is 1420. The van der Waals surface area contributed by atoms with Gasteiger partial charge in [0.25, 0.3) is 0 Å². The second kappa shape index (κ2) is 12.8. The number of carbonyl (C=O) groups is 2. The first-order valence-corrected chi connectivity index (χ1v) is 15.1. The number of ether oxygens (including phenoxy) is 3. The van der Waals surface area contributed by atoms with Gasteiger partial charge in [-0.3, -0.25) is 28.3 Å². The van der Waals surface area contributed by atoms with Gasteiger partial charge in [0.2, 0.25) is 6.23 Å². The summed E-state index contributed by atoms with van der Waals surface area (Å²) in [5, 5.41) is 2.91. The molecular weight excluding hydrogens is 603 g/mol. The monoisotopic (exact) mass is 633 g/mol. The number of halogens is 3. The van der Waals surface area contributed by atoms with E-state index in [1.165, 1.54) is 13.8 Å². The molecular formula is C26H31ClF2N3O9P. The van der Waals surface area contributed by atoms with Crippen LogP contribution in [0.4, 0.5) is 14.6 Å². The number of rotatable bonds is 9. The summed E-state index contributed by atoms with van der Waals surface area (Å²) in [7, 11) is -4.02. The number of anilines is 1. The van der Waals surface area contributed by atoms with Crippen LogP contribution in [0.1, 0.15) is 52.0 Å². The van der Waals surface area contributed by atoms with Crippen LogP contribution in [-0.2, 0) is 37.4 Å². The summed E-state index contributed by atoms with van der Waals surface area (Å²) in [6, 6.07) is 7.90. The Labute approximate surface area is 245 Å². The Hall–Kier alpha value is -2.90. The maximum atomic E-state index is 15.6. The van der Waals surface area contributed by atoms with Crippen LogP contribution in [0.5, 0.6) is 0 Å². The Balaban J connectivity index is 1.54. The minimum absolute atomic E-state index is 0.0555. The van der Waals surface area contributed by atoms with Crippen LogP contribution in [0.25, 0.3) is 0 Å². The van der Waals surface area contributed by atoms with Gasteiger partial charge in [0.1, 0.15) is 18.5 Å². The van der Waals surface area contributed by atoms with Crippen LogP contribution in [0.2, 0.25) is 5.02 Å². The van der Waals surface area contributed by atoms with Crippen LogP contribution in [-0.4, -0.2) is 52.8 Å². The third-order valence-electron chi connectivity index (χ3n) is 6.39. The van der Waals surface area contributed by atoms with E-state index in [9.17, 15) is 18.9 Å². The highest BCUT2D eigenvalue weighted by Gasteiger charge is 2.63. The predicted molar refractivity (Wildman–Crippen MR) is 145 cm³/mol. The Morgan fingerprint density at radius 2 is 1.93 bits per heavy atom. The number of esters is 2. The highest BCUT2D eigenvalue weighted by molar-refractivity contribution is 7.55. The summed E-state index contributed by atoms with van der Waals surface area (Å²) in [5.41, 5.74) is -0.536. The molecule has 0 amide bonds. The van der Waals surface area contributed by atoms with Crippen molar-refractivity contribution in [2.24, 2.45) is 11.8 Å². The predicted octanol–water partition coefficient (Wildman–Crippen LogP) is 4.89. The molecule has 1 aromatic heterocycles. The van der Waals surface area contributed by atoms with Gasteiger partial charge in [0.05, 0.1) is 24.5 Å². The van der Waals surface area contributed by atoms with Crippen molar-refractivity contribution in [1.82, 2.24) is 9.55 Å². The number of hydrogen-bond acceptors (Lipinski definition) is 10. The molecule has 5 atom stereocenters. The van der Waals surface area contributed by atoms with Crippen molar-refractivity contribution >= 4 is 37.1 Å². The van der Waals surface area contributed by atoms with Crippen molar-refractivity contribution < 1.29 is 46.2 Å². The lowest BCUT2D eigenvalue weighted by atomic mass is 10.1. The maximum Gasteiger partial charge on any atom is 0.434 e. The van der Waals surface area contributed by atoms with Crippen LogP contribution < -0.4 is 10.8 Å². The highest BCUT2D eigenvalue weighted by atomic mass is 35.5. The zero-order valence-electron chi connectivity index (χ0n) is 23.2. The summed E-state index contributed by atoms with van der Waals surface area (Å²) < 4.78 is 71.5. The average molecular weight is 634 g/mol. The summed E-state index contributed by atoms with van der Waals surface area (Å²) in [6.07, 6.45) is -5.30. The second-order valence-electron chi connectivity index (χ2n) is 10.4. The van der Waals surface area contributed by atoms with E-state index < -0.39 is 74.3 Å². The number of carbonyl (C=O) groups excluding carboxylic acids is 2. The molecule has 0 spiro atoms. The van der Waals surface area contributed by atoms with E-state index >= 15 is 8.78 Å². The molecule has 1 aromatic carbocycles. The average Bonchev–Trinajstić information content (AvgIpc) is 3.16. The van der Waals surface area contributed by atoms with Crippen molar-refractivity contribution in [3.05, 3.63) is 57.6 Å². The molecule has 2 aliphatic heterocycles. The van der Waals surface area contributed by atoms with Gasteiger partial charge in [-0.15, -0.1) is 0 Å². The fraction of sp³-hybridized carbons (Fsp3) is 0.538. The van der Waals surface area contributed by atoms with Gasteiger partial charge in [-0.2, -0.15) is 13.8 Å². The van der Waals surface area contributed by atoms with Gasteiger partial charge in [0.15, 0.2) is 6.10 Å². The van der Waals surface area contributed by atoms with E-state index in [0.29, 0.717) is 21.6 Å². The van der Waals surface area contributed by atoms with Gasteiger partial charge in [-0.25, -0.2) is 9.36 Å². The first kappa shape index (κ1) is 32.0. The molecule has 16 heteroatoms. The Morgan fingerprint density at radius 1 is 1.21 bits per heavy atom. The summed E-state index contributed by atoms with van der Waals surface area (Å²) in [6.45, 7) is 5.45. The number of aromatic nitrogens is 2. The van der Waals surface area contributed by atoms with Crippen LogP contribution in [0.15, 0.2) is 41.3 Å². The van der Waals surface area contributed by atoms with Crippen LogP contribution >= 0.6 is 19.3 Å². The molecule has 3 unspecified atom stereocenters. The molecule has 12 nitrogen and oxygen atoms in total. The molecule has 0 radical (unpaired) electrons. The molecule has 230 valence electrons. The molecule has 3 heterocycles. The number of alkyl halides is 2. The number of nitrogens with one attached hydrogen (secondary N) is 1. The van der Waals surface area contributed by atoms with Gasteiger partial charge >= 0.3 is 31.3 Å². The van der Waals surface area contributed by atoms with E-state index in [-0.39, 0.29) is 12.4 Å². The lowest BCUT2D eigenvalue weighted by Gasteiger charge is -2.30. The third kappa shape index (κ3) is 7.17. The largest absolute Gasteiger partial charge is 0.463 e. The molecule has 0 aliphatic carbocycles. The summed E-state index contributed by atoms with van der Waals surface area (Å²) in [5.74, 6) is -7.07. The fourth-order valence-electron chi connectivity index (χ4n) is 4.16. The van der Waals surface area contributed by atoms with Gasteiger partial charge in [-0.1, -0.05) is 51.4 Å². The van der Waals surface area contributed by atoms with E-state index in [4.69, 9.17) is 34.9 Å². The van der Waals surface area contributed by atoms with Crippen LogP contribution in [0, 0.1) is 11.8 Å². The summed E-state index contributed by atoms with van der Waals surface area (Å²) in [4.78, 5) is 40.8. The molecule has 42 heavy (non-hydrogen) atoms. The maximum absolute atomic E-state index is 15.6. The smallest absolute Gasteiger partial charge is 0.434 e. The third-order valence-corrected chi connectivity index (χ3v) is 8.18. The molecule has 0 saturated carbocycles.